The number of nitrogens with zero attached hydrogens (tertiary/aromatic N) is 2. The number of H-pyrrole nitrogens is 1. The van der Waals surface area contributed by atoms with Gasteiger partial charge in [0.25, 0.3) is 0 Å². The van der Waals surface area contributed by atoms with E-state index in [1.165, 1.54) is 0 Å². The number of halogens is 1. The smallest absolute Gasteiger partial charge is 0.189 e. The van der Waals surface area contributed by atoms with Gasteiger partial charge in [-0.05, 0) is 51.0 Å². The molecule has 0 aliphatic carbocycles. The highest BCUT2D eigenvalue weighted by molar-refractivity contribution is 6.35. The van der Waals surface area contributed by atoms with E-state index in [0.29, 0.717) is 22.9 Å². The maximum absolute atomic E-state index is 12.3. The Morgan fingerprint density at radius 1 is 1.36 bits per heavy atom. The van der Waals surface area contributed by atoms with E-state index in [9.17, 15) is 4.79 Å². The Morgan fingerprint density at radius 3 is 2.84 bits per heavy atom. The van der Waals surface area contributed by atoms with Crippen LogP contribution in [0.15, 0.2) is 29.1 Å². The van der Waals surface area contributed by atoms with Crippen molar-refractivity contribution in [3.63, 3.8) is 0 Å². The maximum Gasteiger partial charge on any atom is 0.189 e. The first-order valence-corrected chi connectivity index (χ1v) is 9.27. The minimum atomic E-state index is 0.0111. The summed E-state index contributed by atoms with van der Waals surface area (Å²) < 4.78 is 0. The molecule has 0 spiro atoms. The van der Waals surface area contributed by atoms with Crippen LogP contribution in [0.3, 0.4) is 0 Å². The molecule has 0 bridgehead atoms. The number of aromatic amines is 1. The number of aliphatic hydroxyl groups is 1. The van der Waals surface area contributed by atoms with Crippen molar-refractivity contribution in [2.45, 2.75) is 19.4 Å². The molecule has 0 radical (unpaired) electrons. The lowest BCUT2D eigenvalue weighted by molar-refractivity contribution is 0.129. The van der Waals surface area contributed by atoms with Gasteiger partial charge in [0.15, 0.2) is 5.43 Å². The molecule has 0 unspecified atom stereocenters. The zero-order chi connectivity index (χ0) is 17.8. The summed E-state index contributed by atoms with van der Waals surface area (Å²) in [7, 11) is 2.09. The molecule has 1 aliphatic rings. The molecule has 1 aliphatic heterocycles. The normalized spacial score (nSPS) is 16.8. The number of aliphatic hydroxyl groups excluding tert-OH is 1. The molecular formula is C19H26ClN3O2. The Hall–Kier alpha value is -1.40. The standard InChI is InChI=1S/C19H26ClN3O2/c1-22(12-14-5-7-23(8-6-14)9-10-24)13-15-11-18(25)16-3-2-4-17(20)19(16)21-15/h2-4,11,14,24H,5-10,12-13H2,1H3,(H,21,25). The van der Waals surface area contributed by atoms with Crippen LogP contribution in [0.4, 0.5) is 0 Å². The average molecular weight is 364 g/mol. The van der Waals surface area contributed by atoms with E-state index < -0.39 is 0 Å². The summed E-state index contributed by atoms with van der Waals surface area (Å²) in [6.07, 6.45) is 2.31. The number of aromatic nitrogens is 1. The minimum absolute atomic E-state index is 0.0111. The second-order valence-electron chi connectivity index (χ2n) is 7.03. The van der Waals surface area contributed by atoms with Crippen molar-refractivity contribution in [3.05, 3.63) is 45.2 Å². The summed E-state index contributed by atoms with van der Waals surface area (Å²) in [4.78, 5) is 20.2. The number of β-amino-alcohol motifs (C(OH)–C–C–N with tert-alkyl or cyclic N) is 1. The molecule has 1 aromatic carbocycles. The third kappa shape index (κ3) is 4.61. The molecule has 1 saturated heterocycles. The van der Waals surface area contributed by atoms with Gasteiger partial charge in [-0.25, -0.2) is 0 Å². The number of hydrogen-bond donors (Lipinski definition) is 2. The first-order valence-electron chi connectivity index (χ1n) is 8.89. The van der Waals surface area contributed by atoms with Crippen molar-refractivity contribution < 1.29 is 5.11 Å². The van der Waals surface area contributed by atoms with Crippen LogP contribution in [-0.4, -0.2) is 59.7 Å². The molecule has 5 nitrogen and oxygen atoms in total. The molecule has 1 aromatic heterocycles. The molecule has 0 amide bonds. The van der Waals surface area contributed by atoms with Gasteiger partial charge in [-0.1, -0.05) is 17.7 Å². The highest BCUT2D eigenvalue weighted by atomic mass is 35.5. The second-order valence-corrected chi connectivity index (χ2v) is 7.43. The number of piperidine rings is 1. The van der Waals surface area contributed by atoms with Crippen molar-refractivity contribution >= 4 is 22.5 Å². The number of para-hydroxylation sites is 1. The number of benzene rings is 1. The van der Waals surface area contributed by atoms with Crippen molar-refractivity contribution in [1.29, 1.82) is 0 Å². The number of likely N-dealkylation sites (tertiary alicyclic amines) is 1. The van der Waals surface area contributed by atoms with Gasteiger partial charge in [-0.2, -0.15) is 0 Å². The van der Waals surface area contributed by atoms with E-state index in [1.54, 1.807) is 24.3 Å². The molecule has 0 saturated carbocycles. The summed E-state index contributed by atoms with van der Waals surface area (Å²) in [5, 5.41) is 10.2. The van der Waals surface area contributed by atoms with E-state index in [4.69, 9.17) is 16.7 Å². The molecule has 2 aromatic rings. The van der Waals surface area contributed by atoms with E-state index >= 15 is 0 Å². The number of hydrogen-bond acceptors (Lipinski definition) is 4. The van der Waals surface area contributed by atoms with E-state index in [0.717, 1.165) is 50.2 Å². The van der Waals surface area contributed by atoms with Gasteiger partial charge >= 0.3 is 0 Å². The van der Waals surface area contributed by atoms with E-state index in [-0.39, 0.29) is 12.0 Å². The van der Waals surface area contributed by atoms with Crippen molar-refractivity contribution in [1.82, 2.24) is 14.8 Å². The van der Waals surface area contributed by atoms with Crippen molar-refractivity contribution in [3.8, 4) is 0 Å². The molecule has 25 heavy (non-hydrogen) atoms. The SMILES string of the molecule is CN(Cc1cc(=O)c2cccc(Cl)c2[nH]1)CC1CCN(CCO)CC1. The number of rotatable bonds is 6. The summed E-state index contributed by atoms with van der Waals surface area (Å²) >= 11 is 6.23. The monoisotopic (exact) mass is 363 g/mol. The van der Waals surface area contributed by atoms with Gasteiger partial charge in [0.05, 0.1) is 17.1 Å². The zero-order valence-electron chi connectivity index (χ0n) is 14.7. The van der Waals surface area contributed by atoms with Gasteiger partial charge in [0.2, 0.25) is 0 Å². The maximum atomic E-state index is 12.3. The van der Waals surface area contributed by atoms with E-state index in [1.807, 2.05) is 0 Å². The van der Waals surface area contributed by atoms with Crippen molar-refractivity contribution in [2.75, 3.05) is 39.8 Å². The first-order chi connectivity index (χ1) is 12.1. The van der Waals surface area contributed by atoms with Crippen LogP contribution in [0.1, 0.15) is 18.5 Å². The first kappa shape index (κ1) is 18.4. The third-order valence-electron chi connectivity index (χ3n) is 5.00. The van der Waals surface area contributed by atoms with Gasteiger partial charge < -0.3 is 19.9 Å². The molecule has 0 atom stereocenters. The fourth-order valence-corrected chi connectivity index (χ4v) is 3.93. The fraction of sp³-hybridized carbons (Fsp3) is 0.526. The number of pyridine rings is 1. The third-order valence-corrected chi connectivity index (χ3v) is 5.32. The number of fused-ring (bicyclic) bond motifs is 1. The predicted molar refractivity (Wildman–Crippen MR) is 102 cm³/mol. The lowest BCUT2D eigenvalue weighted by atomic mass is 9.96. The second kappa shape index (κ2) is 8.32. The Kier molecular flexibility index (Phi) is 6.12. The molecule has 136 valence electrons. The summed E-state index contributed by atoms with van der Waals surface area (Å²) in [5.41, 5.74) is 1.63. The van der Waals surface area contributed by atoms with Crippen LogP contribution in [0.2, 0.25) is 5.02 Å². The Morgan fingerprint density at radius 2 is 2.12 bits per heavy atom. The largest absolute Gasteiger partial charge is 0.395 e. The van der Waals surface area contributed by atoms with Crippen LogP contribution in [0.25, 0.3) is 10.9 Å². The Balaban J connectivity index is 1.62. The Labute approximate surface area is 153 Å². The van der Waals surface area contributed by atoms with Crippen LogP contribution in [0.5, 0.6) is 0 Å². The Bertz CT molecular complexity index is 769. The lowest BCUT2D eigenvalue weighted by Crippen LogP contribution is -2.39. The quantitative estimate of drug-likeness (QED) is 0.827. The fourth-order valence-electron chi connectivity index (χ4n) is 3.70. The summed E-state index contributed by atoms with van der Waals surface area (Å²) in [6, 6.07) is 7.08. The average Bonchev–Trinajstić information content (AvgIpc) is 2.58. The molecule has 2 heterocycles. The van der Waals surface area contributed by atoms with Gasteiger partial charge in [-0.3, -0.25) is 4.79 Å². The highest BCUT2D eigenvalue weighted by Gasteiger charge is 2.20. The molecule has 2 N–H and O–H groups in total. The molecular weight excluding hydrogens is 338 g/mol. The van der Waals surface area contributed by atoms with Gasteiger partial charge in [0.1, 0.15) is 0 Å². The summed E-state index contributed by atoms with van der Waals surface area (Å²) in [5.74, 6) is 0.663. The predicted octanol–water partition coefficient (Wildman–Crippen LogP) is 2.32. The molecule has 6 heteroatoms. The minimum Gasteiger partial charge on any atom is -0.395 e. The molecule has 1 fully saturated rings. The lowest BCUT2D eigenvalue weighted by Gasteiger charge is -2.33. The van der Waals surface area contributed by atoms with Gasteiger partial charge in [0, 0.05) is 36.8 Å². The van der Waals surface area contributed by atoms with Crippen LogP contribution < -0.4 is 5.43 Å². The van der Waals surface area contributed by atoms with E-state index in [2.05, 4.69) is 21.8 Å². The van der Waals surface area contributed by atoms with Crippen molar-refractivity contribution in [2.24, 2.45) is 5.92 Å². The zero-order valence-corrected chi connectivity index (χ0v) is 15.4. The topological polar surface area (TPSA) is 59.6 Å². The van der Waals surface area contributed by atoms with Crippen LogP contribution >= 0.6 is 11.6 Å². The summed E-state index contributed by atoms with van der Waals surface area (Å²) in [6.45, 7) is 4.84. The van der Waals surface area contributed by atoms with Gasteiger partial charge in [-0.15, -0.1) is 0 Å². The van der Waals surface area contributed by atoms with Crippen LogP contribution in [-0.2, 0) is 6.54 Å². The molecule has 3 rings (SSSR count). The highest BCUT2D eigenvalue weighted by Crippen LogP contribution is 2.21. The number of nitrogens with one attached hydrogen (secondary N) is 1. The van der Waals surface area contributed by atoms with Crippen LogP contribution in [0, 0.1) is 5.92 Å².